The van der Waals surface area contributed by atoms with E-state index in [4.69, 9.17) is 14.6 Å². The summed E-state index contributed by atoms with van der Waals surface area (Å²) in [5.74, 6) is -2.21. The van der Waals surface area contributed by atoms with Gasteiger partial charge in [-0.2, -0.15) is 0 Å². The second-order valence-electron chi connectivity index (χ2n) is 2.98. The summed E-state index contributed by atoms with van der Waals surface area (Å²) in [5.41, 5.74) is 0. The maximum absolute atomic E-state index is 10.5. The van der Waals surface area contributed by atoms with Crippen LogP contribution in [0.5, 0.6) is 0 Å². The fourth-order valence-corrected chi connectivity index (χ4v) is 0.816. The molecule has 0 spiro atoms. The Hall–Kier alpha value is -0.610. The van der Waals surface area contributed by atoms with Gasteiger partial charge in [-0.15, -0.1) is 0 Å². The maximum atomic E-state index is 10.5. The molecule has 0 bridgehead atoms. The third-order valence-corrected chi connectivity index (χ3v) is 1.68. The quantitative estimate of drug-likeness (QED) is 0.605. The van der Waals surface area contributed by atoms with Crippen LogP contribution in [0.25, 0.3) is 0 Å². The van der Waals surface area contributed by atoms with Crippen LogP contribution >= 0.6 is 0 Å². The lowest BCUT2D eigenvalue weighted by atomic mass is 10.2. The lowest BCUT2D eigenvalue weighted by molar-refractivity contribution is -0.268. The Bertz CT molecular complexity index is 158. The van der Waals surface area contributed by atoms with Gasteiger partial charge in [0.05, 0.1) is 13.2 Å². The zero-order valence-corrected chi connectivity index (χ0v) is 6.66. The Morgan fingerprint density at radius 3 is 2.36 bits per heavy atom. The van der Waals surface area contributed by atoms with E-state index in [1.807, 2.05) is 6.92 Å². The van der Waals surface area contributed by atoms with Crippen molar-refractivity contribution in [2.24, 2.45) is 5.92 Å². The van der Waals surface area contributed by atoms with Crippen molar-refractivity contribution in [1.82, 2.24) is 0 Å². The standard InChI is InChI=1S/C7H12O4/c1-5-3-10-7(2,6(8)9)11-4-5/h5H,3-4H2,1-2H3,(H,8,9). The molecule has 0 aromatic carbocycles. The molecular weight excluding hydrogens is 148 g/mol. The van der Waals surface area contributed by atoms with Gasteiger partial charge in [0.2, 0.25) is 0 Å². The van der Waals surface area contributed by atoms with Crippen molar-refractivity contribution in [3.8, 4) is 0 Å². The number of hydrogen-bond donors (Lipinski definition) is 1. The first-order chi connectivity index (χ1) is 5.04. The molecule has 0 aromatic rings. The molecule has 1 saturated heterocycles. The predicted molar refractivity (Wildman–Crippen MR) is 37.1 cm³/mol. The molecule has 1 N–H and O–H groups in total. The van der Waals surface area contributed by atoms with Crippen molar-refractivity contribution >= 4 is 5.97 Å². The summed E-state index contributed by atoms with van der Waals surface area (Å²) in [7, 11) is 0. The Labute approximate surface area is 65.1 Å². The SMILES string of the molecule is CC1COC(C)(C(=O)O)OC1. The molecule has 4 heteroatoms. The van der Waals surface area contributed by atoms with E-state index in [0.29, 0.717) is 13.2 Å². The molecule has 11 heavy (non-hydrogen) atoms. The van der Waals surface area contributed by atoms with E-state index in [2.05, 4.69) is 0 Å². The second kappa shape index (κ2) is 2.79. The fourth-order valence-electron chi connectivity index (χ4n) is 0.816. The third-order valence-electron chi connectivity index (χ3n) is 1.68. The summed E-state index contributed by atoms with van der Waals surface area (Å²) >= 11 is 0. The van der Waals surface area contributed by atoms with Gasteiger partial charge in [-0.1, -0.05) is 6.92 Å². The monoisotopic (exact) mass is 160 g/mol. The highest BCUT2D eigenvalue weighted by molar-refractivity contribution is 5.75. The molecule has 0 radical (unpaired) electrons. The van der Waals surface area contributed by atoms with Crippen LogP contribution in [-0.4, -0.2) is 30.1 Å². The molecule has 0 saturated carbocycles. The summed E-state index contributed by atoms with van der Waals surface area (Å²) < 4.78 is 10.0. The van der Waals surface area contributed by atoms with E-state index in [0.717, 1.165) is 0 Å². The van der Waals surface area contributed by atoms with Crippen molar-refractivity contribution in [3.05, 3.63) is 0 Å². The maximum Gasteiger partial charge on any atom is 0.364 e. The van der Waals surface area contributed by atoms with Crippen LogP contribution in [0.2, 0.25) is 0 Å². The average molecular weight is 160 g/mol. The van der Waals surface area contributed by atoms with Crippen LogP contribution in [0, 0.1) is 5.92 Å². The Balaban J connectivity index is 2.55. The first-order valence-electron chi connectivity index (χ1n) is 3.56. The second-order valence-corrected chi connectivity index (χ2v) is 2.98. The average Bonchev–Trinajstić information content (AvgIpc) is 1.95. The first-order valence-corrected chi connectivity index (χ1v) is 3.56. The minimum absolute atomic E-state index is 0.280. The van der Waals surface area contributed by atoms with E-state index in [1.165, 1.54) is 6.92 Å². The lowest BCUT2D eigenvalue weighted by Gasteiger charge is -2.32. The zero-order valence-electron chi connectivity index (χ0n) is 6.66. The van der Waals surface area contributed by atoms with Crippen molar-refractivity contribution in [2.75, 3.05) is 13.2 Å². The van der Waals surface area contributed by atoms with Gasteiger partial charge in [0.1, 0.15) is 0 Å². The molecule has 1 rings (SSSR count). The van der Waals surface area contributed by atoms with Crippen LogP contribution < -0.4 is 0 Å². The summed E-state index contributed by atoms with van der Waals surface area (Å²) in [5, 5.41) is 8.63. The highest BCUT2D eigenvalue weighted by Gasteiger charge is 2.39. The largest absolute Gasteiger partial charge is 0.477 e. The molecule has 1 aliphatic heterocycles. The molecule has 64 valence electrons. The summed E-state index contributed by atoms with van der Waals surface area (Å²) in [6, 6.07) is 0. The van der Waals surface area contributed by atoms with Gasteiger partial charge in [0.25, 0.3) is 5.79 Å². The van der Waals surface area contributed by atoms with Gasteiger partial charge in [0, 0.05) is 12.8 Å². The molecule has 0 unspecified atom stereocenters. The molecule has 0 aromatic heterocycles. The fraction of sp³-hybridized carbons (Fsp3) is 0.857. The van der Waals surface area contributed by atoms with Crippen LogP contribution in [0.4, 0.5) is 0 Å². The zero-order chi connectivity index (χ0) is 8.48. The van der Waals surface area contributed by atoms with Gasteiger partial charge < -0.3 is 14.6 Å². The number of rotatable bonds is 1. The Morgan fingerprint density at radius 2 is 2.00 bits per heavy atom. The van der Waals surface area contributed by atoms with Crippen molar-refractivity contribution in [3.63, 3.8) is 0 Å². The molecule has 0 atom stereocenters. The molecule has 4 nitrogen and oxygen atoms in total. The van der Waals surface area contributed by atoms with E-state index in [9.17, 15) is 4.79 Å². The normalized spacial score (nSPS) is 38.5. The van der Waals surface area contributed by atoms with Crippen molar-refractivity contribution in [1.29, 1.82) is 0 Å². The van der Waals surface area contributed by atoms with Gasteiger partial charge in [-0.25, -0.2) is 4.79 Å². The van der Waals surface area contributed by atoms with E-state index >= 15 is 0 Å². The molecule has 1 fully saturated rings. The number of aliphatic carboxylic acids is 1. The minimum Gasteiger partial charge on any atom is -0.477 e. The van der Waals surface area contributed by atoms with Gasteiger partial charge >= 0.3 is 5.97 Å². The van der Waals surface area contributed by atoms with E-state index < -0.39 is 11.8 Å². The number of carbonyl (C=O) groups is 1. The van der Waals surface area contributed by atoms with Crippen molar-refractivity contribution in [2.45, 2.75) is 19.6 Å². The van der Waals surface area contributed by atoms with Crippen LogP contribution in [0.3, 0.4) is 0 Å². The number of hydrogen-bond acceptors (Lipinski definition) is 3. The highest BCUT2D eigenvalue weighted by Crippen LogP contribution is 2.20. The smallest absolute Gasteiger partial charge is 0.364 e. The molecule has 1 aliphatic rings. The summed E-state index contributed by atoms with van der Waals surface area (Å²) in [6.45, 7) is 4.26. The van der Waals surface area contributed by atoms with E-state index in [1.54, 1.807) is 0 Å². The van der Waals surface area contributed by atoms with E-state index in [-0.39, 0.29) is 5.92 Å². The Kier molecular flexibility index (Phi) is 2.15. The van der Waals surface area contributed by atoms with Crippen LogP contribution in [0.1, 0.15) is 13.8 Å². The third kappa shape index (κ3) is 1.70. The molecule has 0 aliphatic carbocycles. The molecule has 0 amide bonds. The van der Waals surface area contributed by atoms with Gasteiger partial charge in [-0.05, 0) is 0 Å². The van der Waals surface area contributed by atoms with Crippen LogP contribution in [-0.2, 0) is 14.3 Å². The number of ether oxygens (including phenoxy) is 2. The van der Waals surface area contributed by atoms with Crippen LogP contribution in [0.15, 0.2) is 0 Å². The van der Waals surface area contributed by atoms with Crippen molar-refractivity contribution < 1.29 is 19.4 Å². The predicted octanol–water partition coefficient (Wildman–Crippen LogP) is 0.470. The molecular formula is C7H12O4. The highest BCUT2D eigenvalue weighted by atomic mass is 16.7. The number of carboxylic acid groups (broad SMARTS) is 1. The summed E-state index contributed by atoms with van der Waals surface area (Å²) in [4.78, 5) is 10.5. The van der Waals surface area contributed by atoms with Gasteiger partial charge in [-0.3, -0.25) is 0 Å². The van der Waals surface area contributed by atoms with Gasteiger partial charge in [0.15, 0.2) is 0 Å². The topological polar surface area (TPSA) is 55.8 Å². The minimum atomic E-state index is -1.42. The molecule has 1 heterocycles. The number of carboxylic acids is 1. The first kappa shape index (κ1) is 8.49. The lowest BCUT2D eigenvalue weighted by Crippen LogP contribution is -2.47. The summed E-state index contributed by atoms with van der Waals surface area (Å²) in [6.07, 6.45) is 0. The Morgan fingerprint density at radius 1 is 1.55 bits per heavy atom.